The van der Waals surface area contributed by atoms with Gasteiger partial charge in [-0.1, -0.05) is 6.08 Å². The van der Waals surface area contributed by atoms with Crippen molar-refractivity contribution in [2.24, 2.45) is 11.8 Å². The number of carbonyl (C=O) groups excluding carboxylic acids is 3. The van der Waals surface area contributed by atoms with E-state index in [-0.39, 0.29) is 42.3 Å². The molecule has 8 heteroatoms. The summed E-state index contributed by atoms with van der Waals surface area (Å²) in [6, 6.07) is -0.590. The standard InChI is InChI=1S/C23H36N2O5S/c1-5-12-24(15(3)4)21(28)19-23-11-10-16(31-23)17(22(29)30-6-2)18(23)20(27)25(19)13-8-7-9-14-26/h5,15-19,26H,1,6-14H2,2-4H3/t16-,17+,18-,19?,23?/m0/s1. The molecule has 3 aliphatic heterocycles. The highest BCUT2D eigenvalue weighted by Gasteiger charge is 2.74. The summed E-state index contributed by atoms with van der Waals surface area (Å²) in [5.41, 5.74) is 0. The first-order valence-electron chi connectivity index (χ1n) is 11.5. The average Bonchev–Trinajstić information content (AvgIpc) is 3.36. The van der Waals surface area contributed by atoms with Crippen molar-refractivity contribution in [1.29, 1.82) is 0 Å². The van der Waals surface area contributed by atoms with E-state index >= 15 is 0 Å². The third-order valence-corrected chi connectivity index (χ3v) is 8.83. The molecular weight excluding hydrogens is 416 g/mol. The van der Waals surface area contributed by atoms with Gasteiger partial charge in [-0.3, -0.25) is 14.4 Å². The molecule has 3 heterocycles. The molecule has 1 spiro atoms. The minimum absolute atomic E-state index is 0.0169. The number of fused-ring (bicyclic) bond motifs is 1. The third-order valence-electron chi connectivity index (χ3n) is 6.88. The van der Waals surface area contributed by atoms with E-state index in [1.165, 1.54) is 0 Å². The number of carbonyl (C=O) groups is 3. The van der Waals surface area contributed by atoms with Crippen LogP contribution in [0.25, 0.3) is 0 Å². The van der Waals surface area contributed by atoms with Gasteiger partial charge in [-0.05, 0) is 52.9 Å². The lowest BCUT2D eigenvalue weighted by Gasteiger charge is -2.38. The zero-order chi connectivity index (χ0) is 22.8. The van der Waals surface area contributed by atoms with Crippen molar-refractivity contribution >= 4 is 29.5 Å². The van der Waals surface area contributed by atoms with Gasteiger partial charge in [0.2, 0.25) is 11.8 Å². The van der Waals surface area contributed by atoms with Crippen molar-refractivity contribution in [1.82, 2.24) is 9.80 Å². The van der Waals surface area contributed by atoms with Gasteiger partial charge < -0.3 is 19.6 Å². The zero-order valence-corrected chi connectivity index (χ0v) is 19.7. The summed E-state index contributed by atoms with van der Waals surface area (Å²) in [6.45, 7) is 10.8. The monoisotopic (exact) mass is 452 g/mol. The first-order chi connectivity index (χ1) is 14.8. The van der Waals surface area contributed by atoms with E-state index in [1.54, 1.807) is 34.6 Å². The Kier molecular flexibility index (Phi) is 7.73. The van der Waals surface area contributed by atoms with Crippen LogP contribution in [0.1, 0.15) is 52.9 Å². The second-order valence-electron chi connectivity index (χ2n) is 9.00. The number of ether oxygens (including phenoxy) is 1. The van der Waals surface area contributed by atoms with Crippen LogP contribution in [0.2, 0.25) is 0 Å². The summed E-state index contributed by atoms with van der Waals surface area (Å²) < 4.78 is 4.77. The van der Waals surface area contributed by atoms with Crippen LogP contribution < -0.4 is 0 Å². The Morgan fingerprint density at radius 3 is 2.74 bits per heavy atom. The molecule has 3 saturated heterocycles. The summed E-state index contributed by atoms with van der Waals surface area (Å²) in [5.74, 6) is -1.42. The maximum absolute atomic E-state index is 13.9. The summed E-state index contributed by atoms with van der Waals surface area (Å²) in [6.07, 6.45) is 5.49. The Labute approximate surface area is 189 Å². The Morgan fingerprint density at radius 2 is 2.13 bits per heavy atom. The first-order valence-corrected chi connectivity index (χ1v) is 12.4. The minimum atomic E-state index is -0.573. The molecule has 7 nitrogen and oxygen atoms in total. The number of unbranched alkanes of at least 4 members (excludes halogenated alkanes) is 2. The Bertz CT molecular complexity index is 714. The molecule has 0 aliphatic carbocycles. The maximum Gasteiger partial charge on any atom is 0.310 e. The topological polar surface area (TPSA) is 87.2 Å². The molecule has 3 rings (SSSR count). The van der Waals surface area contributed by atoms with Crippen LogP contribution in [0.3, 0.4) is 0 Å². The van der Waals surface area contributed by atoms with Crippen LogP contribution in [0.4, 0.5) is 0 Å². The normalized spacial score (nSPS) is 31.3. The molecule has 5 atom stereocenters. The lowest BCUT2D eigenvalue weighted by molar-refractivity contribution is -0.153. The molecule has 0 aromatic carbocycles. The number of rotatable bonds is 11. The molecule has 3 fully saturated rings. The van der Waals surface area contributed by atoms with Crippen molar-refractivity contribution in [3.63, 3.8) is 0 Å². The fraction of sp³-hybridized carbons (Fsp3) is 0.783. The second-order valence-corrected chi connectivity index (χ2v) is 10.6. The number of amides is 2. The quantitative estimate of drug-likeness (QED) is 0.294. The Morgan fingerprint density at radius 1 is 1.39 bits per heavy atom. The summed E-state index contributed by atoms with van der Waals surface area (Å²) >= 11 is 1.67. The molecule has 174 valence electrons. The van der Waals surface area contributed by atoms with Crippen molar-refractivity contribution < 1.29 is 24.2 Å². The molecule has 2 unspecified atom stereocenters. The number of hydrogen-bond donors (Lipinski definition) is 1. The number of nitrogens with zero attached hydrogens (tertiary/aromatic N) is 2. The predicted molar refractivity (Wildman–Crippen MR) is 120 cm³/mol. The smallest absolute Gasteiger partial charge is 0.310 e. The summed E-state index contributed by atoms with van der Waals surface area (Å²) in [4.78, 5) is 43.9. The van der Waals surface area contributed by atoms with Gasteiger partial charge in [-0.15, -0.1) is 18.3 Å². The third kappa shape index (κ3) is 4.13. The molecule has 0 radical (unpaired) electrons. The number of likely N-dealkylation sites (tertiary alicyclic amines) is 1. The second kappa shape index (κ2) is 9.94. The minimum Gasteiger partial charge on any atom is -0.466 e. The Balaban J connectivity index is 1.96. The molecule has 0 aromatic heterocycles. The fourth-order valence-electron chi connectivity index (χ4n) is 5.60. The van der Waals surface area contributed by atoms with E-state index in [2.05, 4.69) is 6.58 Å². The van der Waals surface area contributed by atoms with E-state index < -0.39 is 22.6 Å². The maximum atomic E-state index is 13.9. The summed E-state index contributed by atoms with van der Waals surface area (Å²) in [5, 5.41) is 9.13. The van der Waals surface area contributed by atoms with Gasteiger partial charge in [0, 0.05) is 31.0 Å². The van der Waals surface area contributed by atoms with E-state index in [1.807, 2.05) is 13.8 Å². The first kappa shape index (κ1) is 24.1. The molecule has 3 aliphatic rings. The van der Waals surface area contributed by atoms with Crippen molar-refractivity contribution in [3.8, 4) is 0 Å². The predicted octanol–water partition coefficient (Wildman–Crippen LogP) is 2.23. The van der Waals surface area contributed by atoms with Crippen molar-refractivity contribution in [3.05, 3.63) is 12.7 Å². The highest BCUT2D eigenvalue weighted by atomic mass is 32.2. The average molecular weight is 453 g/mol. The van der Waals surface area contributed by atoms with Gasteiger partial charge in [0.15, 0.2) is 0 Å². The molecule has 1 N–H and O–H groups in total. The van der Waals surface area contributed by atoms with Gasteiger partial charge >= 0.3 is 5.97 Å². The van der Waals surface area contributed by atoms with Crippen LogP contribution in [-0.2, 0) is 19.1 Å². The van der Waals surface area contributed by atoms with Crippen molar-refractivity contribution in [2.45, 2.75) is 75.0 Å². The van der Waals surface area contributed by atoms with Crippen LogP contribution in [-0.4, -0.2) is 81.1 Å². The van der Waals surface area contributed by atoms with Gasteiger partial charge in [0.05, 0.1) is 23.2 Å². The van der Waals surface area contributed by atoms with Crippen LogP contribution in [0.15, 0.2) is 12.7 Å². The highest BCUT2D eigenvalue weighted by molar-refractivity contribution is 8.02. The number of aliphatic hydroxyl groups excluding tert-OH is 1. The Hall–Kier alpha value is -1.54. The largest absolute Gasteiger partial charge is 0.466 e. The van der Waals surface area contributed by atoms with Crippen molar-refractivity contribution in [2.75, 3.05) is 26.3 Å². The van der Waals surface area contributed by atoms with Crippen LogP contribution in [0, 0.1) is 11.8 Å². The van der Waals surface area contributed by atoms with Crippen LogP contribution in [0.5, 0.6) is 0 Å². The summed E-state index contributed by atoms with van der Waals surface area (Å²) in [7, 11) is 0. The van der Waals surface area contributed by atoms with E-state index in [0.717, 1.165) is 25.7 Å². The van der Waals surface area contributed by atoms with E-state index in [9.17, 15) is 14.4 Å². The fourth-order valence-corrected chi connectivity index (χ4v) is 7.80. The number of hydrogen-bond acceptors (Lipinski definition) is 6. The number of esters is 1. The molecule has 0 aromatic rings. The molecule has 31 heavy (non-hydrogen) atoms. The lowest BCUT2D eigenvalue weighted by atomic mass is 9.71. The van der Waals surface area contributed by atoms with Gasteiger partial charge in [0.25, 0.3) is 0 Å². The van der Waals surface area contributed by atoms with Crippen LogP contribution >= 0.6 is 11.8 Å². The molecule has 0 saturated carbocycles. The zero-order valence-electron chi connectivity index (χ0n) is 18.9. The molecule has 2 bridgehead atoms. The van der Waals surface area contributed by atoms with E-state index in [0.29, 0.717) is 19.5 Å². The molecule has 2 amide bonds. The van der Waals surface area contributed by atoms with Gasteiger partial charge in [-0.25, -0.2) is 0 Å². The SMILES string of the molecule is C=CCN(C(=O)C1N(CCCCCO)C(=O)[C@@H]2[C@H](C(=O)OCC)[C@@H]3CCC12S3)C(C)C. The highest BCUT2D eigenvalue weighted by Crippen LogP contribution is 2.66. The lowest BCUT2D eigenvalue weighted by Crippen LogP contribution is -2.56. The molecular formula is C23H36N2O5S. The number of thioether (sulfide) groups is 1. The number of aliphatic hydroxyl groups is 1. The van der Waals surface area contributed by atoms with E-state index in [4.69, 9.17) is 9.84 Å². The van der Waals surface area contributed by atoms with Gasteiger partial charge in [0.1, 0.15) is 6.04 Å². The van der Waals surface area contributed by atoms with Gasteiger partial charge in [-0.2, -0.15) is 0 Å².